The van der Waals surface area contributed by atoms with Gasteiger partial charge < -0.3 is 4.90 Å². The van der Waals surface area contributed by atoms with Crippen molar-refractivity contribution in [1.29, 1.82) is 0 Å². The Kier molecular flexibility index (Phi) is 2.26. The number of hydrogen-bond acceptors (Lipinski definition) is 4. The Morgan fingerprint density at radius 3 is 2.11 bits per heavy atom. The molecule has 0 aliphatic rings. The molecular weight excluding hydrogens is 154 g/mol. The first-order valence-electron chi connectivity index (χ1n) is 2.37. The molecule has 0 N–H and O–H groups in total. The smallest absolute Gasteiger partial charge is 0.235 e. The summed E-state index contributed by atoms with van der Waals surface area (Å²) in [5, 5.41) is 0. The fourth-order valence-electron chi connectivity index (χ4n) is 0.337. The molecule has 1 rings (SSSR count). The van der Waals surface area contributed by atoms with Crippen molar-refractivity contribution in [3.63, 3.8) is 0 Å². The standard InChI is InChI=1S/C3H6N4P2/c1-7(2)3-4-8-6-9-5-3/h1-2H3. The van der Waals surface area contributed by atoms with Crippen LogP contribution in [-0.2, 0) is 0 Å². The number of rotatable bonds is 1. The molecule has 1 heterocycles. The zero-order chi connectivity index (χ0) is 6.69. The van der Waals surface area contributed by atoms with Crippen molar-refractivity contribution in [3.8, 4) is 0 Å². The second-order valence-electron chi connectivity index (χ2n) is 1.66. The summed E-state index contributed by atoms with van der Waals surface area (Å²) >= 11 is 0. The second-order valence-corrected chi connectivity index (χ2v) is 3.14. The minimum Gasteiger partial charge on any atom is -0.346 e. The Balaban J connectivity index is 2.85. The van der Waals surface area contributed by atoms with Gasteiger partial charge in [0.2, 0.25) is 5.95 Å². The highest BCUT2D eigenvalue weighted by Crippen LogP contribution is 2.07. The fraction of sp³-hybridized carbons (Fsp3) is 0.667. The van der Waals surface area contributed by atoms with Crippen LogP contribution in [0.5, 0.6) is 0 Å². The number of hydrogen-bond donors (Lipinski definition) is 0. The monoisotopic (exact) mass is 160 g/mol. The normalized spacial score (nSPS) is 10.9. The Morgan fingerprint density at radius 1 is 1.22 bits per heavy atom. The van der Waals surface area contributed by atoms with E-state index in [-0.39, 0.29) is 0 Å². The van der Waals surface area contributed by atoms with E-state index in [4.69, 9.17) is 0 Å². The van der Waals surface area contributed by atoms with Crippen molar-refractivity contribution in [2.45, 2.75) is 0 Å². The molecule has 0 amide bonds. The summed E-state index contributed by atoms with van der Waals surface area (Å²) in [6.45, 7) is 0. The van der Waals surface area contributed by atoms with E-state index in [1.807, 2.05) is 19.0 Å². The molecule has 48 valence electrons. The minimum atomic E-state index is 0.768. The van der Waals surface area contributed by atoms with Gasteiger partial charge in [-0.3, -0.25) is 0 Å². The SMILES string of the molecule is CN(C)c1npnpn1. The molecule has 0 aromatic carbocycles. The van der Waals surface area contributed by atoms with Crippen LogP contribution < -0.4 is 4.90 Å². The zero-order valence-corrected chi connectivity index (χ0v) is 6.97. The maximum absolute atomic E-state index is 4.00. The lowest BCUT2D eigenvalue weighted by molar-refractivity contribution is 1.05. The van der Waals surface area contributed by atoms with Crippen molar-refractivity contribution in [2.24, 2.45) is 0 Å². The Morgan fingerprint density at radius 2 is 1.78 bits per heavy atom. The Hall–Kier alpha value is -0.330. The molecule has 0 aliphatic heterocycles. The summed E-state index contributed by atoms with van der Waals surface area (Å²) in [4.78, 5) is 1.87. The van der Waals surface area contributed by atoms with Gasteiger partial charge in [-0.2, -0.15) is 14.0 Å². The lowest BCUT2D eigenvalue weighted by Crippen LogP contribution is -2.10. The van der Waals surface area contributed by atoms with Crippen LogP contribution in [-0.4, -0.2) is 28.1 Å². The first-order chi connectivity index (χ1) is 4.30. The quantitative estimate of drug-likeness (QED) is 0.616. The third kappa shape index (κ3) is 1.81. The highest BCUT2D eigenvalue weighted by Gasteiger charge is 1.93. The minimum absolute atomic E-state index is 0.768. The molecule has 0 saturated heterocycles. The molecule has 0 fully saturated rings. The molecule has 0 bridgehead atoms. The van der Waals surface area contributed by atoms with E-state index >= 15 is 0 Å². The van der Waals surface area contributed by atoms with E-state index in [1.54, 1.807) is 0 Å². The van der Waals surface area contributed by atoms with Gasteiger partial charge in [-0.05, 0) is 0 Å². The van der Waals surface area contributed by atoms with Gasteiger partial charge in [0.1, 0.15) is 0 Å². The number of anilines is 1. The highest BCUT2D eigenvalue weighted by atomic mass is 31.1. The molecule has 1 aromatic heterocycles. The molecule has 6 heteroatoms. The average molecular weight is 160 g/mol. The first-order valence-corrected chi connectivity index (χ1v) is 3.97. The second kappa shape index (κ2) is 3.00. The largest absolute Gasteiger partial charge is 0.346 e. The molecule has 0 unspecified atom stereocenters. The van der Waals surface area contributed by atoms with E-state index < -0.39 is 0 Å². The number of aromatic nitrogens is 3. The summed E-state index contributed by atoms with van der Waals surface area (Å²) in [7, 11) is 5.37. The topological polar surface area (TPSA) is 41.9 Å². The molecule has 0 radical (unpaired) electrons. The van der Waals surface area contributed by atoms with Crippen molar-refractivity contribution in [3.05, 3.63) is 0 Å². The van der Waals surface area contributed by atoms with Crippen LogP contribution in [0.2, 0.25) is 0 Å². The van der Waals surface area contributed by atoms with Crippen LogP contribution in [0.25, 0.3) is 0 Å². The molecule has 0 aliphatic carbocycles. The van der Waals surface area contributed by atoms with Gasteiger partial charge in [-0.25, -0.2) is 0 Å². The third-order valence-electron chi connectivity index (χ3n) is 0.748. The molecular formula is C3H6N4P2. The molecule has 0 saturated carbocycles. The van der Waals surface area contributed by atoms with E-state index in [2.05, 4.69) is 14.0 Å². The number of nitrogens with zero attached hydrogens (tertiary/aromatic N) is 4. The van der Waals surface area contributed by atoms with Gasteiger partial charge in [0.05, 0.1) is 0 Å². The van der Waals surface area contributed by atoms with E-state index in [0.717, 1.165) is 23.0 Å². The van der Waals surface area contributed by atoms with Crippen molar-refractivity contribution >= 4 is 23.0 Å². The molecule has 9 heavy (non-hydrogen) atoms. The first kappa shape index (κ1) is 6.79. The van der Waals surface area contributed by atoms with E-state index in [0.29, 0.717) is 0 Å². The van der Waals surface area contributed by atoms with Gasteiger partial charge in [0.25, 0.3) is 0 Å². The third-order valence-corrected chi connectivity index (χ3v) is 1.92. The van der Waals surface area contributed by atoms with Crippen LogP contribution in [0.3, 0.4) is 0 Å². The lowest BCUT2D eigenvalue weighted by atomic mass is 10.9. The Labute approximate surface area is 56.8 Å². The van der Waals surface area contributed by atoms with Crippen LogP contribution in [0.15, 0.2) is 0 Å². The Bertz CT molecular complexity index is 176. The van der Waals surface area contributed by atoms with E-state index in [1.165, 1.54) is 0 Å². The maximum Gasteiger partial charge on any atom is 0.235 e. The van der Waals surface area contributed by atoms with E-state index in [9.17, 15) is 0 Å². The highest BCUT2D eigenvalue weighted by molar-refractivity contribution is 7.32. The molecule has 0 spiro atoms. The van der Waals surface area contributed by atoms with Gasteiger partial charge in [-0.1, -0.05) is 0 Å². The van der Waals surface area contributed by atoms with Crippen LogP contribution in [0.1, 0.15) is 0 Å². The predicted molar refractivity (Wildman–Crippen MR) is 39.2 cm³/mol. The van der Waals surface area contributed by atoms with Gasteiger partial charge in [0, 0.05) is 14.1 Å². The predicted octanol–water partition coefficient (Wildman–Crippen LogP) is 1.10. The van der Waals surface area contributed by atoms with Crippen LogP contribution in [0.4, 0.5) is 5.95 Å². The molecule has 4 nitrogen and oxygen atoms in total. The van der Waals surface area contributed by atoms with Crippen molar-refractivity contribution < 1.29 is 0 Å². The van der Waals surface area contributed by atoms with Crippen LogP contribution in [0, 0.1) is 0 Å². The molecule has 1 aromatic rings. The summed E-state index contributed by atoms with van der Waals surface area (Å²) in [6.07, 6.45) is 0. The summed E-state index contributed by atoms with van der Waals surface area (Å²) in [5.41, 5.74) is 0. The fourth-order valence-corrected chi connectivity index (χ4v) is 1.48. The van der Waals surface area contributed by atoms with Gasteiger partial charge in [0.15, 0.2) is 17.0 Å². The zero-order valence-electron chi connectivity index (χ0n) is 5.18. The maximum atomic E-state index is 4.00. The van der Waals surface area contributed by atoms with Gasteiger partial charge >= 0.3 is 0 Å². The lowest BCUT2D eigenvalue weighted by Gasteiger charge is -2.05. The summed E-state index contributed by atoms with van der Waals surface area (Å²) in [6, 6.07) is 0. The summed E-state index contributed by atoms with van der Waals surface area (Å²) in [5.74, 6) is 0.772. The average Bonchev–Trinajstić information content (AvgIpc) is 1.90. The summed E-state index contributed by atoms with van der Waals surface area (Å²) < 4.78 is 11.9. The van der Waals surface area contributed by atoms with Crippen molar-refractivity contribution in [1.82, 2.24) is 14.0 Å². The van der Waals surface area contributed by atoms with Crippen LogP contribution >= 0.6 is 17.0 Å². The van der Waals surface area contributed by atoms with Crippen molar-refractivity contribution in [2.75, 3.05) is 19.0 Å². The van der Waals surface area contributed by atoms with Gasteiger partial charge in [-0.15, -0.1) is 0 Å². The molecule has 0 atom stereocenters.